The minimum Gasteiger partial charge on any atom is -0.396 e. The number of thiophene rings is 1. The summed E-state index contributed by atoms with van der Waals surface area (Å²) in [5, 5.41) is 11.3. The van der Waals surface area contributed by atoms with Crippen LogP contribution in [0.15, 0.2) is 45.3 Å². The Morgan fingerprint density at radius 3 is 2.67 bits per heavy atom. The van der Waals surface area contributed by atoms with Gasteiger partial charge in [-0.15, -0.1) is 11.3 Å². The Hall–Kier alpha value is -2.18. The van der Waals surface area contributed by atoms with Crippen LogP contribution in [0.25, 0.3) is 21.3 Å². The average molecular weight is 302 g/mol. The van der Waals surface area contributed by atoms with Crippen molar-refractivity contribution in [1.82, 2.24) is 9.55 Å². The highest BCUT2D eigenvalue weighted by Crippen LogP contribution is 2.29. The number of aliphatic hydroxyl groups is 1. The lowest BCUT2D eigenvalue weighted by molar-refractivity contribution is 0.278. The zero-order valence-corrected chi connectivity index (χ0v) is 12.0. The van der Waals surface area contributed by atoms with Gasteiger partial charge >= 0.3 is 5.69 Å². The van der Waals surface area contributed by atoms with Crippen LogP contribution < -0.4 is 11.2 Å². The summed E-state index contributed by atoms with van der Waals surface area (Å²) >= 11 is 1.35. The molecule has 0 spiro atoms. The van der Waals surface area contributed by atoms with Crippen LogP contribution in [0, 0.1) is 0 Å². The Bertz CT molecular complexity index is 877. The number of benzene rings is 1. The molecule has 0 radical (unpaired) electrons. The fourth-order valence-corrected chi connectivity index (χ4v) is 3.27. The van der Waals surface area contributed by atoms with Crippen molar-refractivity contribution in [3.8, 4) is 11.1 Å². The fraction of sp³-hybridized carbons (Fsp3) is 0.200. The first-order valence-corrected chi connectivity index (χ1v) is 7.51. The van der Waals surface area contributed by atoms with Crippen molar-refractivity contribution < 1.29 is 5.11 Å². The maximum absolute atomic E-state index is 12.6. The average Bonchev–Trinajstić information content (AvgIpc) is 2.92. The number of nitrogens with one attached hydrogen (secondary N) is 1. The molecule has 1 aromatic carbocycles. The smallest absolute Gasteiger partial charge is 0.329 e. The van der Waals surface area contributed by atoms with E-state index in [0.717, 1.165) is 15.7 Å². The maximum Gasteiger partial charge on any atom is 0.329 e. The molecule has 0 amide bonds. The monoisotopic (exact) mass is 302 g/mol. The molecule has 3 rings (SSSR count). The zero-order valence-electron chi connectivity index (χ0n) is 11.2. The second kappa shape index (κ2) is 5.67. The highest BCUT2D eigenvalue weighted by molar-refractivity contribution is 7.17. The predicted octanol–water partition coefficient (Wildman–Crippen LogP) is 1.80. The summed E-state index contributed by atoms with van der Waals surface area (Å²) in [6.07, 6.45) is 0.374. The molecule has 0 aliphatic rings. The molecule has 0 unspecified atom stereocenters. The fourth-order valence-electron chi connectivity index (χ4n) is 2.32. The molecular weight excluding hydrogens is 288 g/mol. The number of aromatic amines is 1. The molecule has 3 aromatic rings. The molecule has 0 atom stereocenters. The molecule has 0 aliphatic carbocycles. The molecule has 2 N–H and O–H groups in total. The molecule has 2 aromatic heterocycles. The van der Waals surface area contributed by atoms with Gasteiger partial charge in [-0.2, -0.15) is 0 Å². The Balaban J connectivity index is 2.26. The standard InChI is InChI=1S/C15H14N2O3S/c18-8-4-7-17-14(19)12-11(10-5-2-1-3-6-10)9-21-13(12)16-15(17)20/h1-3,5-6,9,18H,4,7-8H2,(H,16,20). The third kappa shape index (κ3) is 2.43. The molecule has 0 fully saturated rings. The van der Waals surface area contributed by atoms with Crippen LogP contribution in [0.3, 0.4) is 0 Å². The van der Waals surface area contributed by atoms with Crippen molar-refractivity contribution in [2.45, 2.75) is 13.0 Å². The summed E-state index contributed by atoms with van der Waals surface area (Å²) in [4.78, 5) is 27.8. The molecule has 0 aliphatic heterocycles. The van der Waals surface area contributed by atoms with E-state index in [1.165, 1.54) is 11.3 Å². The van der Waals surface area contributed by atoms with Crippen LogP contribution in [0.5, 0.6) is 0 Å². The minimum atomic E-state index is -0.428. The summed E-state index contributed by atoms with van der Waals surface area (Å²) < 4.78 is 1.15. The van der Waals surface area contributed by atoms with Crippen molar-refractivity contribution in [1.29, 1.82) is 0 Å². The lowest BCUT2D eigenvalue weighted by Crippen LogP contribution is -2.35. The van der Waals surface area contributed by atoms with Gasteiger partial charge in [0.15, 0.2) is 0 Å². The number of hydrogen-bond acceptors (Lipinski definition) is 4. The third-order valence-electron chi connectivity index (χ3n) is 3.34. The van der Waals surface area contributed by atoms with E-state index in [1.54, 1.807) is 0 Å². The van der Waals surface area contributed by atoms with Crippen LogP contribution in [-0.4, -0.2) is 21.3 Å². The van der Waals surface area contributed by atoms with Gasteiger partial charge in [0.25, 0.3) is 5.56 Å². The van der Waals surface area contributed by atoms with Crippen molar-refractivity contribution in [2.24, 2.45) is 0 Å². The Labute approximate surface area is 124 Å². The van der Waals surface area contributed by atoms with Gasteiger partial charge in [-0.05, 0) is 12.0 Å². The van der Waals surface area contributed by atoms with E-state index in [4.69, 9.17) is 5.11 Å². The van der Waals surface area contributed by atoms with Gasteiger partial charge in [0, 0.05) is 24.1 Å². The molecule has 5 nitrogen and oxygen atoms in total. The zero-order chi connectivity index (χ0) is 14.8. The Morgan fingerprint density at radius 1 is 1.19 bits per heavy atom. The van der Waals surface area contributed by atoms with Gasteiger partial charge in [-0.25, -0.2) is 4.79 Å². The van der Waals surface area contributed by atoms with Gasteiger partial charge < -0.3 is 5.11 Å². The SMILES string of the molecule is O=c1[nH]c2scc(-c3ccccc3)c2c(=O)n1CCCO. The topological polar surface area (TPSA) is 75.1 Å². The normalized spacial score (nSPS) is 11.1. The van der Waals surface area contributed by atoms with Gasteiger partial charge in [-0.1, -0.05) is 30.3 Å². The van der Waals surface area contributed by atoms with E-state index in [9.17, 15) is 9.59 Å². The Kier molecular flexibility index (Phi) is 3.72. The first-order valence-electron chi connectivity index (χ1n) is 6.63. The van der Waals surface area contributed by atoms with Crippen LogP contribution in [-0.2, 0) is 6.54 Å². The Morgan fingerprint density at radius 2 is 1.95 bits per heavy atom. The summed E-state index contributed by atoms with van der Waals surface area (Å²) in [6.45, 7) is 0.157. The first-order chi connectivity index (χ1) is 10.2. The number of nitrogens with zero attached hydrogens (tertiary/aromatic N) is 1. The van der Waals surface area contributed by atoms with Gasteiger partial charge in [0.1, 0.15) is 4.83 Å². The molecule has 0 saturated heterocycles. The van der Waals surface area contributed by atoms with E-state index in [2.05, 4.69) is 4.98 Å². The van der Waals surface area contributed by atoms with Crippen molar-refractivity contribution in [2.75, 3.05) is 6.61 Å². The lowest BCUT2D eigenvalue weighted by atomic mass is 10.1. The van der Waals surface area contributed by atoms with E-state index >= 15 is 0 Å². The first kappa shape index (κ1) is 13.8. The highest BCUT2D eigenvalue weighted by Gasteiger charge is 2.14. The quantitative estimate of drug-likeness (QED) is 0.771. The number of H-pyrrole nitrogens is 1. The molecule has 0 saturated carbocycles. The number of aromatic nitrogens is 2. The number of aliphatic hydroxyl groups excluding tert-OH is 1. The van der Waals surface area contributed by atoms with E-state index in [1.807, 2.05) is 35.7 Å². The van der Waals surface area contributed by atoms with Gasteiger partial charge in [0.2, 0.25) is 0 Å². The van der Waals surface area contributed by atoms with Crippen LogP contribution in [0.2, 0.25) is 0 Å². The van der Waals surface area contributed by atoms with Crippen LogP contribution in [0.4, 0.5) is 0 Å². The van der Waals surface area contributed by atoms with Crippen LogP contribution in [0.1, 0.15) is 6.42 Å². The van der Waals surface area contributed by atoms with Crippen LogP contribution >= 0.6 is 11.3 Å². The number of fused-ring (bicyclic) bond motifs is 1. The highest BCUT2D eigenvalue weighted by atomic mass is 32.1. The summed E-state index contributed by atoms with van der Waals surface area (Å²) in [7, 11) is 0. The molecule has 21 heavy (non-hydrogen) atoms. The molecule has 2 heterocycles. The second-order valence-electron chi connectivity index (χ2n) is 4.68. The minimum absolute atomic E-state index is 0.0565. The molecule has 6 heteroatoms. The second-order valence-corrected chi connectivity index (χ2v) is 5.56. The number of hydrogen-bond donors (Lipinski definition) is 2. The van der Waals surface area contributed by atoms with Gasteiger partial charge in [-0.3, -0.25) is 14.3 Å². The maximum atomic E-state index is 12.6. The van der Waals surface area contributed by atoms with Crippen molar-refractivity contribution in [3.63, 3.8) is 0 Å². The molecular formula is C15H14N2O3S. The summed E-state index contributed by atoms with van der Waals surface area (Å²) in [5.74, 6) is 0. The third-order valence-corrected chi connectivity index (χ3v) is 4.24. The number of rotatable bonds is 4. The molecule has 108 valence electrons. The molecule has 0 bridgehead atoms. The van der Waals surface area contributed by atoms with Crippen molar-refractivity contribution >= 4 is 21.6 Å². The summed E-state index contributed by atoms with van der Waals surface area (Å²) in [6, 6.07) is 9.61. The van der Waals surface area contributed by atoms with E-state index in [-0.39, 0.29) is 18.7 Å². The van der Waals surface area contributed by atoms with E-state index in [0.29, 0.717) is 16.6 Å². The van der Waals surface area contributed by atoms with Gasteiger partial charge in [0.05, 0.1) is 5.39 Å². The summed E-state index contributed by atoms with van der Waals surface area (Å²) in [5.41, 5.74) is 1.04. The largest absolute Gasteiger partial charge is 0.396 e. The van der Waals surface area contributed by atoms with Crippen molar-refractivity contribution in [3.05, 3.63) is 56.5 Å². The lowest BCUT2D eigenvalue weighted by Gasteiger charge is -2.04. The predicted molar refractivity (Wildman–Crippen MR) is 83.8 cm³/mol. The van der Waals surface area contributed by atoms with E-state index < -0.39 is 5.69 Å².